The van der Waals surface area contributed by atoms with E-state index >= 15 is 0 Å². The summed E-state index contributed by atoms with van der Waals surface area (Å²) in [4.78, 5) is 25.4. The molecule has 1 fully saturated rings. The van der Waals surface area contributed by atoms with Crippen LogP contribution in [0.2, 0.25) is 0 Å². The van der Waals surface area contributed by atoms with Crippen LogP contribution in [0.4, 0.5) is 5.69 Å². The third-order valence-corrected chi connectivity index (χ3v) is 3.65. The Balaban J connectivity index is 1.58. The van der Waals surface area contributed by atoms with E-state index in [2.05, 4.69) is 10.4 Å². The zero-order valence-corrected chi connectivity index (χ0v) is 12.2. The number of amides is 2. The Morgan fingerprint density at radius 2 is 2.23 bits per heavy atom. The van der Waals surface area contributed by atoms with Crippen molar-refractivity contribution in [1.82, 2.24) is 15.1 Å². The molecule has 1 aromatic carbocycles. The van der Waals surface area contributed by atoms with Gasteiger partial charge in [-0.25, -0.2) is 0 Å². The molecule has 2 amide bonds. The monoisotopic (exact) mass is 298 g/mol. The molecule has 2 aromatic rings. The highest BCUT2D eigenvalue weighted by atomic mass is 16.2. The van der Waals surface area contributed by atoms with Crippen LogP contribution in [-0.4, -0.2) is 28.1 Å². The number of nitrogens with one attached hydrogen (secondary N) is 1. The molecule has 114 valence electrons. The predicted octanol–water partition coefficient (Wildman–Crippen LogP) is 1.33. The normalized spacial score (nSPS) is 14.4. The molecule has 0 atom stereocenters. The molecule has 1 N–H and O–H groups in total. The largest absolute Gasteiger partial charge is 0.350 e. The molecule has 1 aliphatic rings. The molecule has 1 aliphatic heterocycles. The molecule has 6 nitrogen and oxygen atoms in total. The van der Waals surface area contributed by atoms with Gasteiger partial charge in [0.1, 0.15) is 6.54 Å². The number of hydrogen-bond donors (Lipinski definition) is 1. The number of carbonyl (C=O) groups is 2. The van der Waals surface area contributed by atoms with Crippen molar-refractivity contribution in [3.05, 3.63) is 48.3 Å². The Hall–Kier alpha value is -2.63. The number of anilines is 1. The summed E-state index contributed by atoms with van der Waals surface area (Å²) in [5.74, 6) is 0.0752. The summed E-state index contributed by atoms with van der Waals surface area (Å²) in [7, 11) is 0. The molecule has 3 rings (SSSR count). The number of rotatable bonds is 5. The lowest BCUT2D eigenvalue weighted by atomic mass is 10.2. The van der Waals surface area contributed by atoms with Gasteiger partial charge in [-0.2, -0.15) is 5.10 Å². The van der Waals surface area contributed by atoms with Crippen molar-refractivity contribution in [2.75, 3.05) is 11.4 Å². The third-order valence-electron chi connectivity index (χ3n) is 3.65. The number of carbonyl (C=O) groups excluding carboxylic acids is 2. The molecule has 2 heterocycles. The summed E-state index contributed by atoms with van der Waals surface area (Å²) < 4.78 is 1.58. The van der Waals surface area contributed by atoms with E-state index < -0.39 is 0 Å². The summed E-state index contributed by atoms with van der Waals surface area (Å²) in [6.07, 6.45) is 4.91. The fourth-order valence-electron chi connectivity index (χ4n) is 2.55. The molecule has 0 saturated carbocycles. The van der Waals surface area contributed by atoms with Gasteiger partial charge in [0.05, 0.1) is 0 Å². The molecule has 22 heavy (non-hydrogen) atoms. The first-order chi connectivity index (χ1) is 10.7. The Labute approximate surface area is 128 Å². The molecule has 0 radical (unpaired) electrons. The summed E-state index contributed by atoms with van der Waals surface area (Å²) >= 11 is 0. The minimum Gasteiger partial charge on any atom is -0.350 e. The standard InChI is InChI=1S/C16H18N4O2/c21-15(12-19-8-3-7-18-19)17-11-13-4-1-5-14(10-13)20-9-2-6-16(20)22/h1,3-5,7-8,10H,2,6,9,11-12H2,(H,17,21). The average Bonchev–Trinajstić information content (AvgIpc) is 3.17. The molecular weight excluding hydrogens is 280 g/mol. The quantitative estimate of drug-likeness (QED) is 0.905. The zero-order valence-electron chi connectivity index (χ0n) is 12.2. The van der Waals surface area contributed by atoms with Gasteiger partial charge in [0.2, 0.25) is 11.8 Å². The molecule has 0 unspecified atom stereocenters. The maximum Gasteiger partial charge on any atom is 0.241 e. The van der Waals surface area contributed by atoms with Gasteiger partial charge in [-0.15, -0.1) is 0 Å². The van der Waals surface area contributed by atoms with Crippen molar-refractivity contribution in [2.45, 2.75) is 25.9 Å². The van der Waals surface area contributed by atoms with Crippen LogP contribution in [0.5, 0.6) is 0 Å². The van der Waals surface area contributed by atoms with Gasteiger partial charge < -0.3 is 10.2 Å². The first-order valence-electron chi connectivity index (χ1n) is 7.36. The fraction of sp³-hybridized carbons (Fsp3) is 0.312. The Kier molecular flexibility index (Phi) is 4.18. The van der Waals surface area contributed by atoms with Gasteiger partial charge >= 0.3 is 0 Å². The molecule has 0 aliphatic carbocycles. The summed E-state index contributed by atoms with van der Waals surface area (Å²) in [6.45, 7) is 1.42. The van der Waals surface area contributed by atoms with Gasteiger partial charge in [-0.1, -0.05) is 12.1 Å². The molecule has 1 saturated heterocycles. The predicted molar refractivity (Wildman–Crippen MR) is 82.1 cm³/mol. The van der Waals surface area contributed by atoms with Crippen LogP contribution in [0.3, 0.4) is 0 Å². The zero-order chi connectivity index (χ0) is 15.4. The topological polar surface area (TPSA) is 67.2 Å². The van der Waals surface area contributed by atoms with Crippen molar-refractivity contribution in [3.63, 3.8) is 0 Å². The van der Waals surface area contributed by atoms with E-state index in [1.54, 1.807) is 28.0 Å². The number of aromatic nitrogens is 2. The van der Waals surface area contributed by atoms with E-state index in [1.807, 2.05) is 24.3 Å². The van der Waals surface area contributed by atoms with Crippen LogP contribution in [0.15, 0.2) is 42.7 Å². The van der Waals surface area contributed by atoms with E-state index in [1.165, 1.54) is 0 Å². The SMILES string of the molecule is O=C(Cn1cccn1)NCc1cccc(N2CCCC2=O)c1. The van der Waals surface area contributed by atoms with Crippen molar-refractivity contribution in [3.8, 4) is 0 Å². The van der Waals surface area contributed by atoms with Crippen LogP contribution >= 0.6 is 0 Å². The average molecular weight is 298 g/mol. The molecule has 0 bridgehead atoms. The van der Waals surface area contributed by atoms with E-state index in [9.17, 15) is 9.59 Å². The van der Waals surface area contributed by atoms with Crippen LogP contribution in [0.25, 0.3) is 0 Å². The van der Waals surface area contributed by atoms with Gasteiger partial charge in [-0.05, 0) is 30.2 Å². The highest BCUT2D eigenvalue weighted by molar-refractivity contribution is 5.95. The first-order valence-corrected chi connectivity index (χ1v) is 7.36. The Bertz CT molecular complexity index is 667. The van der Waals surface area contributed by atoms with Crippen LogP contribution in [0.1, 0.15) is 18.4 Å². The summed E-state index contributed by atoms with van der Waals surface area (Å²) in [6, 6.07) is 9.52. The second-order valence-electron chi connectivity index (χ2n) is 5.30. The van der Waals surface area contributed by atoms with Gasteiger partial charge in [-0.3, -0.25) is 14.3 Å². The number of benzene rings is 1. The van der Waals surface area contributed by atoms with Gasteiger partial charge in [0.25, 0.3) is 0 Å². The summed E-state index contributed by atoms with van der Waals surface area (Å²) in [5, 5.41) is 6.86. The Morgan fingerprint density at radius 3 is 2.95 bits per heavy atom. The number of hydrogen-bond acceptors (Lipinski definition) is 3. The van der Waals surface area contributed by atoms with Crippen molar-refractivity contribution in [1.29, 1.82) is 0 Å². The molecular formula is C16H18N4O2. The van der Waals surface area contributed by atoms with Crippen molar-refractivity contribution in [2.24, 2.45) is 0 Å². The number of nitrogens with zero attached hydrogens (tertiary/aromatic N) is 3. The minimum absolute atomic E-state index is 0.0913. The maximum absolute atomic E-state index is 11.8. The van der Waals surface area contributed by atoms with Gasteiger partial charge in [0.15, 0.2) is 0 Å². The molecule has 1 aromatic heterocycles. The lowest BCUT2D eigenvalue weighted by Gasteiger charge is -2.16. The van der Waals surface area contributed by atoms with Crippen LogP contribution in [-0.2, 0) is 22.7 Å². The smallest absolute Gasteiger partial charge is 0.241 e. The highest BCUT2D eigenvalue weighted by Gasteiger charge is 2.21. The van der Waals surface area contributed by atoms with Crippen LogP contribution in [0, 0.1) is 0 Å². The van der Waals surface area contributed by atoms with E-state index in [0.29, 0.717) is 13.0 Å². The van der Waals surface area contributed by atoms with Crippen molar-refractivity contribution >= 4 is 17.5 Å². The fourth-order valence-corrected chi connectivity index (χ4v) is 2.55. The second kappa shape index (κ2) is 6.43. The van der Waals surface area contributed by atoms with E-state index in [4.69, 9.17) is 0 Å². The third kappa shape index (κ3) is 3.33. The lowest BCUT2D eigenvalue weighted by molar-refractivity contribution is -0.122. The molecule has 6 heteroatoms. The second-order valence-corrected chi connectivity index (χ2v) is 5.30. The van der Waals surface area contributed by atoms with Crippen LogP contribution < -0.4 is 10.2 Å². The van der Waals surface area contributed by atoms with Gasteiger partial charge in [0, 0.05) is 37.6 Å². The van der Waals surface area contributed by atoms with E-state index in [-0.39, 0.29) is 18.4 Å². The van der Waals surface area contributed by atoms with Crippen molar-refractivity contribution < 1.29 is 9.59 Å². The Morgan fingerprint density at radius 1 is 1.32 bits per heavy atom. The summed E-state index contributed by atoms with van der Waals surface area (Å²) in [5.41, 5.74) is 1.88. The molecule has 0 spiro atoms. The lowest BCUT2D eigenvalue weighted by Crippen LogP contribution is -2.27. The first kappa shape index (κ1) is 14.3. The minimum atomic E-state index is -0.0913. The maximum atomic E-state index is 11.8. The highest BCUT2D eigenvalue weighted by Crippen LogP contribution is 2.22. The van der Waals surface area contributed by atoms with E-state index in [0.717, 1.165) is 24.2 Å².